The largest absolute Gasteiger partial charge is 0.460 e. The number of rotatable bonds is 7. The minimum absolute atomic E-state index is 0.732. The Kier molecular flexibility index (Phi) is 5.79. The molecule has 1 rings (SSSR count). The van der Waals surface area contributed by atoms with Gasteiger partial charge >= 0.3 is 33.4 Å². The van der Waals surface area contributed by atoms with Crippen LogP contribution in [0.25, 0.3) is 0 Å². The van der Waals surface area contributed by atoms with Crippen LogP contribution in [0.5, 0.6) is 0 Å². The lowest BCUT2D eigenvalue weighted by molar-refractivity contribution is -0.385. The van der Waals surface area contributed by atoms with Gasteiger partial charge in [-0.25, -0.2) is 0 Å². The number of hydrogen-bond donors (Lipinski definition) is 0. The van der Waals surface area contributed by atoms with Crippen LogP contribution in [0.15, 0.2) is 24.3 Å². The molecule has 0 radical (unpaired) electrons. The minimum Gasteiger partial charge on any atom is -0.260 e. The second-order valence-corrected chi connectivity index (χ2v) is 6.42. The van der Waals surface area contributed by atoms with Crippen molar-refractivity contribution in [3.8, 4) is 0 Å². The van der Waals surface area contributed by atoms with E-state index in [9.17, 15) is 58.0 Å². The van der Waals surface area contributed by atoms with E-state index in [0.29, 0.717) is 0 Å². The van der Waals surface area contributed by atoms with Crippen molar-refractivity contribution in [3.63, 3.8) is 0 Å². The number of alkyl halides is 9. The average molecular weight is 435 g/mol. The van der Waals surface area contributed by atoms with E-state index in [4.69, 9.17) is 0 Å². The Morgan fingerprint density at radius 3 is 1.85 bits per heavy atom. The molecular weight excluding hydrogens is 429 g/mol. The lowest BCUT2D eigenvalue weighted by atomic mass is 10.1. The normalized spacial score (nSPS) is 14.3. The second kappa shape index (κ2) is 6.81. The number of hydrogen-bond acceptors (Lipinski definition) is 5. The molecule has 0 aliphatic carbocycles. The third-order valence-electron chi connectivity index (χ3n) is 2.99. The number of halogens is 9. The number of nitrogens with zero attached hydrogens (tertiary/aromatic N) is 1. The van der Waals surface area contributed by atoms with Crippen molar-refractivity contribution in [3.05, 3.63) is 39.9 Å². The van der Waals surface area contributed by atoms with Gasteiger partial charge in [-0.15, -0.1) is 0 Å². The predicted octanol–water partition coefficient (Wildman–Crippen LogP) is 3.87. The number of para-hydroxylation sites is 1. The standard InChI is InChI=1S/C11H6F9NO5S/c12-8(13,10(16,17)18)9(14,15)11(19,20)27(24,25)26-5-6-3-1-2-4-7(6)21(22)23/h1-4H,5H2. The van der Waals surface area contributed by atoms with Gasteiger partial charge in [-0.05, 0) is 6.07 Å². The van der Waals surface area contributed by atoms with Gasteiger partial charge in [-0.1, -0.05) is 12.1 Å². The van der Waals surface area contributed by atoms with Crippen LogP contribution in [-0.2, 0) is 20.9 Å². The summed E-state index contributed by atoms with van der Waals surface area (Å²) in [4.78, 5) is 9.51. The molecule has 0 fully saturated rings. The van der Waals surface area contributed by atoms with Gasteiger partial charge in [0.05, 0.1) is 17.1 Å². The Labute approximate surface area is 143 Å². The highest BCUT2D eigenvalue weighted by atomic mass is 32.2. The molecule has 0 amide bonds. The molecular formula is C11H6F9NO5S. The second-order valence-electron chi connectivity index (χ2n) is 4.77. The highest BCUT2D eigenvalue weighted by Gasteiger charge is 2.85. The fourth-order valence-electron chi connectivity index (χ4n) is 1.54. The first-order chi connectivity index (χ1) is 11.9. The summed E-state index contributed by atoms with van der Waals surface area (Å²) in [6, 6.07) is 3.54. The van der Waals surface area contributed by atoms with Crippen molar-refractivity contribution < 1.29 is 57.0 Å². The maximum Gasteiger partial charge on any atom is 0.460 e. The van der Waals surface area contributed by atoms with Crippen LogP contribution in [0.3, 0.4) is 0 Å². The summed E-state index contributed by atoms with van der Waals surface area (Å²) in [5, 5.41) is 3.63. The number of nitro benzene ring substituents is 1. The molecule has 1 aromatic carbocycles. The van der Waals surface area contributed by atoms with E-state index in [0.717, 1.165) is 24.3 Å². The molecule has 0 saturated carbocycles. The van der Waals surface area contributed by atoms with Crippen molar-refractivity contribution in [2.45, 2.75) is 29.9 Å². The molecule has 0 N–H and O–H groups in total. The predicted molar refractivity (Wildman–Crippen MR) is 67.7 cm³/mol. The van der Waals surface area contributed by atoms with Crippen LogP contribution in [0.2, 0.25) is 0 Å². The highest BCUT2D eigenvalue weighted by Crippen LogP contribution is 2.55. The zero-order chi connectivity index (χ0) is 21.5. The highest BCUT2D eigenvalue weighted by molar-refractivity contribution is 7.87. The summed E-state index contributed by atoms with van der Waals surface area (Å²) in [5.41, 5.74) is -1.67. The minimum atomic E-state index is -7.44. The summed E-state index contributed by atoms with van der Waals surface area (Å²) in [6.07, 6.45) is -7.21. The molecule has 27 heavy (non-hydrogen) atoms. The first-order valence-corrected chi connectivity index (χ1v) is 7.62. The Bertz CT molecular complexity index is 822. The van der Waals surface area contributed by atoms with Gasteiger partial charge < -0.3 is 0 Å². The molecule has 0 heterocycles. The molecule has 0 spiro atoms. The lowest BCUT2D eigenvalue weighted by Gasteiger charge is -2.32. The molecule has 154 valence electrons. The molecule has 0 saturated heterocycles. The van der Waals surface area contributed by atoms with E-state index in [1.165, 1.54) is 0 Å². The molecule has 0 bridgehead atoms. The van der Waals surface area contributed by atoms with Gasteiger partial charge in [0.1, 0.15) is 0 Å². The van der Waals surface area contributed by atoms with Crippen LogP contribution in [-0.4, -0.2) is 36.6 Å². The zero-order valence-electron chi connectivity index (χ0n) is 12.3. The molecule has 16 heteroatoms. The molecule has 0 atom stereocenters. The van der Waals surface area contributed by atoms with E-state index in [2.05, 4.69) is 4.18 Å². The Morgan fingerprint density at radius 1 is 0.926 bits per heavy atom. The van der Waals surface area contributed by atoms with Crippen molar-refractivity contribution >= 4 is 15.8 Å². The van der Waals surface area contributed by atoms with E-state index < -0.39 is 56.2 Å². The van der Waals surface area contributed by atoms with Crippen LogP contribution in [0.4, 0.5) is 45.2 Å². The molecule has 0 aliphatic heterocycles. The first-order valence-electron chi connectivity index (χ1n) is 6.21. The van der Waals surface area contributed by atoms with Crippen LogP contribution in [0.1, 0.15) is 5.56 Å². The summed E-state index contributed by atoms with van der Waals surface area (Å²) in [5.74, 6) is -14.9. The van der Waals surface area contributed by atoms with Crippen LogP contribution in [0, 0.1) is 10.1 Å². The first kappa shape index (κ1) is 22.9. The molecule has 1 aromatic rings. The topological polar surface area (TPSA) is 86.5 Å². The van der Waals surface area contributed by atoms with E-state index in [-0.39, 0.29) is 0 Å². The SMILES string of the molecule is O=[N+]([O-])c1ccccc1COS(=O)(=O)C(F)(F)C(F)(F)C(F)(F)C(F)(F)F. The van der Waals surface area contributed by atoms with Crippen LogP contribution >= 0.6 is 0 Å². The smallest absolute Gasteiger partial charge is 0.260 e. The maximum atomic E-state index is 13.4. The third kappa shape index (κ3) is 3.80. The average Bonchev–Trinajstić information content (AvgIpc) is 2.51. The van der Waals surface area contributed by atoms with E-state index in [1.54, 1.807) is 0 Å². The Hall–Kier alpha value is -2.10. The van der Waals surface area contributed by atoms with Gasteiger partial charge in [-0.3, -0.25) is 14.3 Å². The van der Waals surface area contributed by atoms with Gasteiger partial charge in [-0.2, -0.15) is 47.9 Å². The Balaban J connectivity index is 3.25. The van der Waals surface area contributed by atoms with Gasteiger partial charge in [0.2, 0.25) is 0 Å². The Morgan fingerprint density at radius 2 is 1.41 bits per heavy atom. The molecule has 6 nitrogen and oxygen atoms in total. The van der Waals surface area contributed by atoms with Crippen molar-refractivity contribution in [1.29, 1.82) is 0 Å². The summed E-state index contributed by atoms with van der Waals surface area (Å²) in [7, 11) is -7.09. The lowest BCUT2D eigenvalue weighted by Crippen LogP contribution is -2.63. The van der Waals surface area contributed by atoms with Gasteiger partial charge in [0.15, 0.2) is 0 Å². The number of benzene rings is 1. The monoisotopic (exact) mass is 435 g/mol. The quantitative estimate of drug-likeness (QED) is 0.281. The van der Waals surface area contributed by atoms with Crippen molar-refractivity contribution in [2.75, 3.05) is 0 Å². The number of nitro groups is 1. The molecule has 0 aliphatic rings. The molecule has 0 unspecified atom stereocenters. The van der Waals surface area contributed by atoms with E-state index >= 15 is 0 Å². The molecule has 0 aromatic heterocycles. The third-order valence-corrected chi connectivity index (χ3v) is 4.30. The van der Waals surface area contributed by atoms with Crippen molar-refractivity contribution in [2.24, 2.45) is 0 Å². The van der Waals surface area contributed by atoms with Gasteiger partial charge in [0, 0.05) is 6.07 Å². The summed E-state index contributed by atoms with van der Waals surface area (Å²) in [6.45, 7) is -1.71. The van der Waals surface area contributed by atoms with Crippen LogP contribution < -0.4 is 0 Å². The zero-order valence-corrected chi connectivity index (χ0v) is 13.1. The van der Waals surface area contributed by atoms with Crippen molar-refractivity contribution in [1.82, 2.24) is 0 Å². The fraction of sp³-hybridized carbons (Fsp3) is 0.455. The van der Waals surface area contributed by atoms with E-state index in [1.807, 2.05) is 0 Å². The summed E-state index contributed by atoms with van der Waals surface area (Å²) < 4.78 is 140. The van der Waals surface area contributed by atoms with Gasteiger partial charge in [0.25, 0.3) is 5.69 Å². The fourth-order valence-corrected chi connectivity index (χ4v) is 2.42. The maximum absolute atomic E-state index is 13.4. The summed E-state index contributed by atoms with van der Waals surface area (Å²) >= 11 is 0.